The van der Waals surface area contributed by atoms with Crippen LogP contribution in [0.3, 0.4) is 0 Å². The van der Waals surface area contributed by atoms with Crippen LogP contribution in [0.15, 0.2) is 57.9 Å². The van der Waals surface area contributed by atoms with Crippen molar-refractivity contribution in [3.8, 4) is 0 Å². The molecule has 5 heteroatoms. The van der Waals surface area contributed by atoms with Gasteiger partial charge < -0.3 is 5.32 Å². The lowest BCUT2D eigenvalue weighted by Gasteiger charge is -2.12. The van der Waals surface area contributed by atoms with Crippen LogP contribution in [0.4, 0.5) is 10.1 Å². The zero-order valence-corrected chi connectivity index (χ0v) is 13.2. The van der Waals surface area contributed by atoms with Crippen LogP contribution in [0.25, 0.3) is 0 Å². The first-order valence-electron chi connectivity index (χ1n) is 6.04. The van der Waals surface area contributed by atoms with E-state index < -0.39 is 0 Å². The van der Waals surface area contributed by atoms with Crippen LogP contribution in [-0.2, 0) is 4.79 Å². The standard InChI is InChI=1S/C15H13BrFNOS/c1-10(20-14-5-3-2-4-13(14)17)15(19)18-12-8-6-11(16)7-9-12/h2-10H,1H3,(H,18,19). The molecule has 1 amide bonds. The number of thioether (sulfide) groups is 1. The van der Waals surface area contributed by atoms with Crippen molar-refractivity contribution in [1.29, 1.82) is 0 Å². The van der Waals surface area contributed by atoms with Gasteiger partial charge in [0, 0.05) is 15.1 Å². The monoisotopic (exact) mass is 353 g/mol. The molecule has 0 heterocycles. The molecule has 2 rings (SSSR count). The van der Waals surface area contributed by atoms with Crippen LogP contribution < -0.4 is 5.32 Å². The molecule has 0 bridgehead atoms. The quantitative estimate of drug-likeness (QED) is 0.806. The van der Waals surface area contributed by atoms with Crippen LogP contribution in [0, 0.1) is 5.82 Å². The number of benzene rings is 2. The van der Waals surface area contributed by atoms with Gasteiger partial charge in [-0.15, -0.1) is 11.8 Å². The van der Waals surface area contributed by atoms with Gasteiger partial charge in [-0.1, -0.05) is 28.1 Å². The van der Waals surface area contributed by atoms with E-state index >= 15 is 0 Å². The molecule has 2 aromatic carbocycles. The molecule has 1 atom stereocenters. The van der Waals surface area contributed by atoms with Crippen molar-refractivity contribution in [2.75, 3.05) is 5.32 Å². The number of rotatable bonds is 4. The van der Waals surface area contributed by atoms with E-state index in [0.29, 0.717) is 4.90 Å². The van der Waals surface area contributed by atoms with Gasteiger partial charge in [-0.3, -0.25) is 4.79 Å². The SMILES string of the molecule is CC(Sc1ccccc1F)C(=O)Nc1ccc(Br)cc1. The number of nitrogens with one attached hydrogen (secondary N) is 1. The number of amides is 1. The van der Waals surface area contributed by atoms with Gasteiger partial charge >= 0.3 is 0 Å². The Morgan fingerprint density at radius 3 is 2.50 bits per heavy atom. The lowest BCUT2D eigenvalue weighted by atomic mass is 10.3. The average molecular weight is 354 g/mol. The highest BCUT2D eigenvalue weighted by Crippen LogP contribution is 2.26. The zero-order valence-electron chi connectivity index (χ0n) is 10.8. The first-order valence-corrected chi connectivity index (χ1v) is 7.71. The summed E-state index contributed by atoms with van der Waals surface area (Å²) >= 11 is 4.54. The topological polar surface area (TPSA) is 29.1 Å². The van der Waals surface area contributed by atoms with Crippen molar-refractivity contribution in [2.45, 2.75) is 17.1 Å². The number of hydrogen-bond donors (Lipinski definition) is 1. The molecule has 20 heavy (non-hydrogen) atoms. The highest BCUT2D eigenvalue weighted by molar-refractivity contribution is 9.10. The second kappa shape index (κ2) is 6.90. The minimum absolute atomic E-state index is 0.152. The Labute approximate surface area is 129 Å². The van der Waals surface area contributed by atoms with Crippen LogP contribution >= 0.6 is 27.7 Å². The Morgan fingerprint density at radius 1 is 1.20 bits per heavy atom. The van der Waals surface area contributed by atoms with Crippen molar-refractivity contribution >= 4 is 39.3 Å². The smallest absolute Gasteiger partial charge is 0.237 e. The third kappa shape index (κ3) is 4.08. The predicted octanol–water partition coefficient (Wildman–Crippen LogP) is 4.71. The predicted molar refractivity (Wildman–Crippen MR) is 84.5 cm³/mol. The third-order valence-electron chi connectivity index (χ3n) is 2.62. The van der Waals surface area contributed by atoms with Gasteiger partial charge in [0.1, 0.15) is 5.82 Å². The molecular weight excluding hydrogens is 341 g/mol. The highest BCUT2D eigenvalue weighted by Gasteiger charge is 2.16. The van der Waals surface area contributed by atoms with Gasteiger partial charge in [-0.05, 0) is 43.3 Å². The summed E-state index contributed by atoms with van der Waals surface area (Å²) in [7, 11) is 0. The maximum absolute atomic E-state index is 13.5. The molecule has 2 aromatic rings. The molecular formula is C15H13BrFNOS. The molecule has 0 saturated heterocycles. The van der Waals surface area contributed by atoms with E-state index in [4.69, 9.17) is 0 Å². The molecule has 0 aliphatic rings. The molecule has 0 saturated carbocycles. The van der Waals surface area contributed by atoms with E-state index in [1.165, 1.54) is 17.8 Å². The maximum atomic E-state index is 13.5. The van der Waals surface area contributed by atoms with Crippen LogP contribution in [0.5, 0.6) is 0 Å². The Balaban J connectivity index is 1.99. The van der Waals surface area contributed by atoms with Crippen LogP contribution in [0.2, 0.25) is 0 Å². The number of halogens is 2. The highest BCUT2D eigenvalue weighted by atomic mass is 79.9. The molecule has 1 unspecified atom stereocenters. The van der Waals surface area contributed by atoms with E-state index in [9.17, 15) is 9.18 Å². The number of carbonyl (C=O) groups excluding carboxylic acids is 1. The van der Waals surface area contributed by atoms with Crippen molar-refractivity contribution in [3.63, 3.8) is 0 Å². The average Bonchev–Trinajstić information content (AvgIpc) is 2.44. The summed E-state index contributed by atoms with van der Waals surface area (Å²) < 4.78 is 14.5. The molecule has 0 radical (unpaired) electrons. The van der Waals surface area contributed by atoms with Gasteiger partial charge in [0.15, 0.2) is 0 Å². The van der Waals surface area contributed by atoms with Gasteiger partial charge in [0.25, 0.3) is 0 Å². The first kappa shape index (κ1) is 15.1. The third-order valence-corrected chi connectivity index (χ3v) is 4.30. The summed E-state index contributed by atoms with van der Waals surface area (Å²) in [6, 6.07) is 13.8. The largest absolute Gasteiger partial charge is 0.325 e. The summed E-state index contributed by atoms with van der Waals surface area (Å²) in [6.07, 6.45) is 0. The molecule has 0 spiro atoms. The first-order chi connectivity index (χ1) is 9.56. The molecule has 104 valence electrons. The molecule has 0 aromatic heterocycles. The normalized spacial score (nSPS) is 11.9. The molecule has 0 aliphatic carbocycles. The Bertz CT molecular complexity index is 603. The number of anilines is 1. The summed E-state index contributed by atoms with van der Waals surface area (Å²) in [5.74, 6) is -0.457. The minimum Gasteiger partial charge on any atom is -0.325 e. The van der Waals surface area contributed by atoms with Crippen molar-refractivity contribution in [2.24, 2.45) is 0 Å². The number of hydrogen-bond acceptors (Lipinski definition) is 2. The fraction of sp³-hybridized carbons (Fsp3) is 0.133. The molecule has 1 N–H and O–H groups in total. The molecule has 2 nitrogen and oxygen atoms in total. The Hall–Kier alpha value is -1.33. The van der Waals surface area contributed by atoms with Gasteiger partial charge in [0.2, 0.25) is 5.91 Å². The van der Waals surface area contributed by atoms with E-state index in [1.54, 1.807) is 25.1 Å². The lowest BCUT2D eigenvalue weighted by Crippen LogP contribution is -2.22. The van der Waals surface area contributed by atoms with Crippen LogP contribution in [-0.4, -0.2) is 11.2 Å². The second-order valence-corrected chi connectivity index (χ2v) is 6.48. The summed E-state index contributed by atoms with van der Waals surface area (Å²) in [4.78, 5) is 12.5. The maximum Gasteiger partial charge on any atom is 0.237 e. The van der Waals surface area contributed by atoms with Crippen molar-refractivity contribution in [3.05, 3.63) is 58.8 Å². The van der Waals surface area contributed by atoms with E-state index in [-0.39, 0.29) is 17.0 Å². The van der Waals surface area contributed by atoms with Gasteiger partial charge in [-0.2, -0.15) is 0 Å². The zero-order chi connectivity index (χ0) is 14.5. The van der Waals surface area contributed by atoms with E-state index in [1.807, 2.05) is 24.3 Å². The molecule has 0 aliphatic heterocycles. The van der Waals surface area contributed by atoms with Gasteiger partial charge in [0.05, 0.1) is 5.25 Å². The van der Waals surface area contributed by atoms with Crippen molar-refractivity contribution < 1.29 is 9.18 Å². The second-order valence-electron chi connectivity index (χ2n) is 4.19. The van der Waals surface area contributed by atoms with Gasteiger partial charge in [-0.25, -0.2) is 4.39 Å². The minimum atomic E-state index is -0.379. The number of carbonyl (C=O) groups is 1. The fourth-order valence-corrected chi connectivity index (χ4v) is 2.71. The van der Waals surface area contributed by atoms with Crippen molar-refractivity contribution in [1.82, 2.24) is 0 Å². The van der Waals surface area contributed by atoms with Crippen LogP contribution in [0.1, 0.15) is 6.92 Å². The fourth-order valence-electron chi connectivity index (χ4n) is 1.56. The summed E-state index contributed by atoms with van der Waals surface area (Å²) in [5, 5.41) is 2.43. The Morgan fingerprint density at radius 2 is 1.85 bits per heavy atom. The van der Waals surface area contributed by atoms with E-state index in [2.05, 4.69) is 21.2 Å². The van der Waals surface area contributed by atoms with E-state index in [0.717, 1.165) is 10.2 Å². The molecule has 0 fully saturated rings. The summed E-state index contributed by atoms with van der Waals surface area (Å²) in [5.41, 5.74) is 0.721. The lowest BCUT2D eigenvalue weighted by molar-refractivity contribution is -0.115. The summed E-state index contributed by atoms with van der Waals surface area (Å²) in [6.45, 7) is 1.76. The Kier molecular flexibility index (Phi) is 5.20.